The van der Waals surface area contributed by atoms with Crippen molar-refractivity contribution in [1.29, 1.82) is 0 Å². The van der Waals surface area contributed by atoms with Gasteiger partial charge in [0.1, 0.15) is 0 Å². The molecule has 2 N–H and O–H groups in total. The van der Waals surface area contributed by atoms with E-state index in [0.717, 1.165) is 0 Å². The quantitative estimate of drug-likeness (QED) is 0.338. The number of benzene rings is 4. The Hall–Kier alpha value is -3.07. The van der Waals surface area contributed by atoms with Crippen molar-refractivity contribution in [2.75, 3.05) is 0 Å². The molecule has 0 unspecified atom stereocenters. The molecule has 3 nitrogen and oxygen atoms in total. The first-order valence-electron chi connectivity index (χ1n) is 6.87. The van der Waals surface area contributed by atoms with E-state index in [1.165, 1.54) is 32.3 Å². The van der Waals surface area contributed by atoms with Gasteiger partial charge in [0, 0.05) is 0 Å². The van der Waals surface area contributed by atoms with Gasteiger partial charge in [0.15, 0.2) is 0 Å². The molecule has 0 aliphatic heterocycles. The van der Waals surface area contributed by atoms with E-state index in [2.05, 4.69) is 72.8 Å². The van der Waals surface area contributed by atoms with Gasteiger partial charge >= 0.3 is 6.16 Å². The van der Waals surface area contributed by atoms with Crippen molar-refractivity contribution in [3.63, 3.8) is 0 Å². The van der Waals surface area contributed by atoms with Crippen molar-refractivity contribution in [2.45, 2.75) is 0 Å². The summed E-state index contributed by atoms with van der Waals surface area (Å²) >= 11 is 0. The number of hydrogen-bond donors (Lipinski definition) is 2. The Kier molecular flexibility index (Phi) is 3.62. The molecule has 0 spiro atoms. The Morgan fingerprint density at radius 1 is 0.591 bits per heavy atom. The summed E-state index contributed by atoms with van der Waals surface area (Å²) < 4.78 is 0. The molecule has 0 aliphatic rings. The molecule has 0 bridgehead atoms. The summed E-state index contributed by atoms with van der Waals surface area (Å²) in [7, 11) is 0. The first kappa shape index (κ1) is 13.9. The van der Waals surface area contributed by atoms with Gasteiger partial charge in [-0.05, 0) is 44.5 Å². The SMILES string of the molecule is O=C(O)O.c1ccc2cc3c(ccc4ccccc43)cc2c1. The predicted octanol–water partition coefficient (Wildman–Crippen LogP) is 5.37. The predicted molar refractivity (Wildman–Crippen MR) is 89.6 cm³/mol. The molecule has 0 aromatic heterocycles. The molecule has 4 aromatic rings. The van der Waals surface area contributed by atoms with Gasteiger partial charge in [0.25, 0.3) is 0 Å². The summed E-state index contributed by atoms with van der Waals surface area (Å²) in [6.07, 6.45) is -1.83. The fourth-order valence-corrected chi connectivity index (χ4v) is 2.70. The minimum absolute atomic E-state index is 1.31. The smallest absolute Gasteiger partial charge is 0.450 e. The highest BCUT2D eigenvalue weighted by Gasteiger charge is 2.01. The lowest BCUT2D eigenvalue weighted by atomic mass is 9.98. The lowest BCUT2D eigenvalue weighted by Crippen LogP contribution is -1.81. The van der Waals surface area contributed by atoms with E-state index in [1.54, 1.807) is 0 Å². The van der Waals surface area contributed by atoms with Crippen LogP contribution in [-0.2, 0) is 0 Å². The summed E-state index contributed by atoms with van der Waals surface area (Å²) in [5, 5.41) is 21.8. The van der Waals surface area contributed by atoms with Crippen LogP contribution in [0.1, 0.15) is 0 Å². The Bertz CT molecular complexity index is 964. The third kappa shape index (κ3) is 2.69. The topological polar surface area (TPSA) is 57.5 Å². The second-order valence-corrected chi connectivity index (χ2v) is 4.99. The third-order valence-electron chi connectivity index (χ3n) is 3.61. The van der Waals surface area contributed by atoms with Crippen LogP contribution in [0.15, 0.2) is 72.8 Å². The van der Waals surface area contributed by atoms with Gasteiger partial charge in [-0.25, -0.2) is 4.79 Å². The first-order valence-corrected chi connectivity index (χ1v) is 6.87. The summed E-state index contributed by atoms with van der Waals surface area (Å²) in [5.74, 6) is 0. The van der Waals surface area contributed by atoms with Crippen LogP contribution in [0.5, 0.6) is 0 Å². The molecule has 0 fully saturated rings. The van der Waals surface area contributed by atoms with Crippen molar-refractivity contribution in [2.24, 2.45) is 0 Å². The zero-order valence-corrected chi connectivity index (χ0v) is 11.7. The number of carbonyl (C=O) groups is 1. The Morgan fingerprint density at radius 2 is 1.09 bits per heavy atom. The molecular weight excluding hydrogens is 276 g/mol. The van der Waals surface area contributed by atoms with E-state index in [-0.39, 0.29) is 0 Å². The van der Waals surface area contributed by atoms with Crippen molar-refractivity contribution in [1.82, 2.24) is 0 Å². The minimum Gasteiger partial charge on any atom is -0.450 e. The van der Waals surface area contributed by atoms with Gasteiger partial charge in [-0.3, -0.25) is 0 Å². The summed E-state index contributed by atoms with van der Waals surface area (Å²) in [6, 6.07) is 26.1. The summed E-state index contributed by atoms with van der Waals surface area (Å²) in [5.41, 5.74) is 0. The number of fused-ring (bicyclic) bond motifs is 4. The summed E-state index contributed by atoms with van der Waals surface area (Å²) in [6.45, 7) is 0. The van der Waals surface area contributed by atoms with E-state index in [0.29, 0.717) is 0 Å². The van der Waals surface area contributed by atoms with Crippen LogP contribution >= 0.6 is 0 Å². The molecular formula is C19H14O3. The van der Waals surface area contributed by atoms with E-state index >= 15 is 0 Å². The number of rotatable bonds is 0. The molecule has 0 atom stereocenters. The molecule has 3 heteroatoms. The molecule has 0 radical (unpaired) electrons. The fourth-order valence-electron chi connectivity index (χ4n) is 2.70. The van der Waals surface area contributed by atoms with E-state index in [1.807, 2.05) is 0 Å². The van der Waals surface area contributed by atoms with Gasteiger partial charge in [0.05, 0.1) is 0 Å². The van der Waals surface area contributed by atoms with Crippen molar-refractivity contribution in [3.8, 4) is 0 Å². The van der Waals surface area contributed by atoms with Gasteiger partial charge in [0.2, 0.25) is 0 Å². The second kappa shape index (κ2) is 5.74. The van der Waals surface area contributed by atoms with Crippen molar-refractivity contribution in [3.05, 3.63) is 72.8 Å². The van der Waals surface area contributed by atoms with Crippen LogP contribution in [0.3, 0.4) is 0 Å². The average molecular weight is 290 g/mol. The van der Waals surface area contributed by atoms with Crippen LogP contribution in [0.25, 0.3) is 32.3 Å². The van der Waals surface area contributed by atoms with E-state index in [9.17, 15) is 0 Å². The Morgan fingerprint density at radius 3 is 1.77 bits per heavy atom. The lowest BCUT2D eigenvalue weighted by molar-refractivity contribution is 0.137. The Labute approximate surface area is 127 Å². The van der Waals surface area contributed by atoms with Crippen molar-refractivity contribution >= 4 is 38.5 Å². The van der Waals surface area contributed by atoms with Gasteiger partial charge < -0.3 is 10.2 Å². The van der Waals surface area contributed by atoms with Crippen molar-refractivity contribution < 1.29 is 15.0 Å². The lowest BCUT2D eigenvalue weighted by Gasteiger charge is -2.06. The van der Waals surface area contributed by atoms with Crippen LogP contribution in [0, 0.1) is 0 Å². The van der Waals surface area contributed by atoms with Crippen LogP contribution in [0.2, 0.25) is 0 Å². The maximum Gasteiger partial charge on any atom is 0.503 e. The maximum atomic E-state index is 8.56. The van der Waals surface area contributed by atoms with Crippen LogP contribution < -0.4 is 0 Å². The molecule has 0 saturated carbocycles. The zero-order valence-electron chi connectivity index (χ0n) is 11.7. The molecule has 0 aliphatic carbocycles. The van der Waals surface area contributed by atoms with Gasteiger partial charge in [-0.1, -0.05) is 60.7 Å². The van der Waals surface area contributed by atoms with Gasteiger partial charge in [-0.15, -0.1) is 0 Å². The highest BCUT2D eigenvalue weighted by atomic mass is 16.6. The highest BCUT2D eigenvalue weighted by molar-refractivity contribution is 6.11. The van der Waals surface area contributed by atoms with E-state index < -0.39 is 6.16 Å². The first-order chi connectivity index (χ1) is 10.6. The zero-order chi connectivity index (χ0) is 15.5. The molecule has 22 heavy (non-hydrogen) atoms. The average Bonchev–Trinajstić information content (AvgIpc) is 2.52. The molecule has 4 aromatic carbocycles. The summed E-state index contributed by atoms with van der Waals surface area (Å²) in [4.78, 5) is 8.56. The maximum absolute atomic E-state index is 8.56. The minimum atomic E-state index is -1.83. The van der Waals surface area contributed by atoms with Crippen LogP contribution in [-0.4, -0.2) is 16.4 Å². The number of hydrogen-bond acceptors (Lipinski definition) is 1. The molecule has 0 saturated heterocycles. The molecule has 0 amide bonds. The third-order valence-corrected chi connectivity index (χ3v) is 3.61. The highest BCUT2D eigenvalue weighted by Crippen LogP contribution is 2.29. The van der Waals surface area contributed by atoms with E-state index in [4.69, 9.17) is 15.0 Å². The molecule has 108 valence electrons. The van der Waals surface area contributed by atoms with Crippen LogP contribution in [0.4, 0.5) is 4.79 Å². The Balaban J connectivity index is 0.000000325. The normalized spacial score (nSPS) is 10.4. The fraction of sp³-hybridized carbons (Fsp3) is 0. The molecule has 4 rings (SSSR count). The standard InChI is InChI=1S/C18H12.CH2O3/c1-2-7-15-12-18-16(11-14(15)6-1)10-9-13-5-3-4-8-17(13)18;2-1(3)4/h1-12H;(H2,2,3,4). The number of carboxylic acid groups (broad SMARTS) is 2. The van der Waals surface area contributed by atoms with Gasteiger partial charge in [-0.2, -0.15) is 0 Å². The monoisotopic (exact) mass is 290 g/mol. The largest absolute Gasteiger partial charge is 0.503 e. The second-order valence-electron chi connectivity index (χ2n) is 4.99. The molecule has 0 heterocycles.